The van der Waals surface area contributed by atoms with Crippen molar-refractivity contribution in [1.29, 1.82) is 0 Å². The van der Waals surface area contributed by atoms with Crippen LogP contribution in [0.4, 0.5) is 0 Å². The van der Waals surface area contributed by atoms with E-state index in [1.807, 2.05) is 13.8 Å². The molecule has 7 heteroatoms. The number of fused-ring (bicyclic) bond motifs is 1. The van der Waals surface area contributed by atoms with Crippen LogP contribution in [-0.2, 0) is 0 Å². The molecule has 2 aromatic rings. The molecule has 1 aliphatic heterocycles. The third-order valence-electron chi connectivity index (χ3n) is 4.13. The van der Waals surface area contributed by atoms with Crippen LogP contribution in [-0.4, -0.2) is 55.6 Å². The molecule has 0 spiro atoms. The van der Waals surface area contributed by atoms with Gasteiger partial charge in [0.15, 0.2) is 0 Å². The molecule has 1 atom stereocenters. The third-order valence-corrected chi connectivity index (χ3v) is 4.13. The number of hydrogen-bond acceptors (Lipinski definition) is 5. The zero-order valence-corrected chi connectivity index (χ0v) is 14.0. The van der Waals surface area contributed by atoms with Gasteiger partial charge < -0.3 is 10.2 Å². The predicted octanol–water partition coefficient (Wildman–Crippen LogP) is 1.36. The van der Waals surface area contributed by atoms with E-state index in [0.29, 0.717) is 5.78 Å². The van der Waals surface area contributed by atoms with Gasteiger partial charge >= 0.3 is 0 Å². The first kappa shape index (κ1) is 15.9. The molecule has 0 bridgehead atoms. The summed E-state index contributed by atoms with van der Waals surface area (Å²) < 4.78 is 1.51. The molecule has 0 saturated carbocycles. The van der Waals surface area contributed by atoms with Crippen molar-refractivity contribution in [3.63, 3.8) is 0 Å². The number of nitrogens with zero attached hydrogens (tertiary/aromatic N) is 5. The molecule has 2 aromatic heterocycles. The molecule has 1 saturated heterocycles. The van der Waals surface area contributed by atoms with Gasteiger partial charge in [-0.3, -0.25) is 4.79 Å². The fourth-order valence-electron chi connectivity index (χ4n) is 3.22. The van der Waals surface area contributed by atoms with Crippen molar-refractivity contribution >= 4 is 11.7 Å². The average molecular weight is 316 g/mol. The van der Waals surface area contributed by atoms with Crippen molar-refractivity contribution in [3.05, 3.63) is 24.3 Å². The smallest absolute Gasteiger partial charge is 0.291 e. The van der Waals surface area contributed by atoms with Crippen molar-refractivity contribution in [3.8, 4) is 0 Å². The molecular weight excluding hydrogens is 292 g/mol. The Kier molecular flexibility index (Phi) is 4.30. The van der Waals surface area contributed by atoms with Crippen LogP contribution in [0.2, 0.25) is 0 Å². The van der Waals surface area contributed by atoms with Crippen molar-refractivity contribution in [2.75, 3.05) is 19.6 Å². The minimum absolute atomic E-state index is 0.156. The molecule has 7 nitrogen and oxygen atoms in total. The van der Waals surface area contributed by atoms with E-state index in [1.54, 1.807) is 18.5 Å². The molecule has 23 heavy (non-hydrogen) atoms. The summed E-state index contributed by atoms with van der Waals surface area (Å²) in [5.74, 6) is 1.05. The van der Waals surface area contributed by atoms with E-state index in [4.69, 9.17) is 0 Å². The normalized spacial score (nSPS) is 19.9. The second-order valence-corrected chi connectivity index (χ2v) is 7.12. The average Bonchev–Trinajstić information content (AvgIpc) is 2.90. The number of hydrogen-bond donors (Lipinski definition) is 1. The second-order valence-electron chi connectivity index (χ2n) is 7.12. The van der Waals surface area contributed by atoms with E-state index >= 15 is 0 Å². The van der Waals surface area contributed by atoms with Crippen LogP contribution >= 0.6 is 0 Å². The molecule has 1 N–H and O–H groups in total. The molecule has 0 radical (unpaired) electrons. The van der Waals surface area contributed by atoms with Crippen LogP contribution in [0.5, 0.6) is 0 Å². The Bertz CT molecular complexity index is 662. The zero-order chi connectivity index (χ0) is 16.4. The quantitative estimate of drug-likeness (QED) is 0.922. The van der Waals surface area contributed by atoms with Gasteiger partial charge in [0, 0.05) is 31.0 Å². The zero-order valence-electron chi connectivity index (χ0n) is 14.0. The number of aromatic nitrogens is 4. The van der Waals surface area contributed by atoms with Crippen LogP contribution < -0.4 is 5.32 Å². The summed E-state index contributed by atoms with van der Waals surface area (Å²) in [6.07, 6.45) is 5.88. The van der Waals surface area contributed by atoms with Gasteiger partial charge in [-0.05, 0) is 45.2 Å². The highest BCUT2D eigenvalue weighted by Crippen LogP contribution is 2.18. The Labute approximate surface area is 136 Å². The molecule has 1 aliphatic rings. The lowest BCUT2D eigenvalue weighted by Gasteiger charge is -2.37. The maximum Gasteiger partial charge on any atom is 0.291 e. The summed E-state index contributed by atoms with van der Waals surface area (Å²) in [6, 6.07) is 1.75. The molecule has 1 unspecified atom stereocenters. The van der Waals surface area contributed by atoms with Gasteiger partial charge in [0.25, 0.3) is 11.7 Å². The van der Waals surface area contributed by atoms with Gasteiger partial charge in [-0.25, -0.2) is 9.50 Å². The van der Waals surface area contributed by atoms with Crippen molar-refractivity contribution in [2.24, 2.45) is 5.92 Å². The van der Waals surface area contributed by atoms with Crippen LogP contribution in [0.3, 0.4) is 0 Å². The fourth-order valence-corrected chi connectivity index (χ4v) is 3.22. The monoisotopic (exact) mass is 316 g/mol. The van der Waals surface area contributed by atoms with Gasteiger partial charge in [0.1, 0.15) is 0 Å². The van der Waals surface area contributed by atoms with E-state index in [1.165, 1.54) is 17.4 Å². The van der Waals surface area contributed by atoms with Gasteiger partial charge in [-0.15, -0.1) is 5.10 Å². The maximum atomic E-state index is 12.4. The lowest BCUT2D eigenvalue weighted by atomic mass is 9.97. The van der Waals surface area contributed by atoms with E-state index in [2.05, 4.69) is 32.2 Å². The first-order chi connectivity index (χ1) is 10.9. The number of rotatable bonds is 4. The molecule has 0 aromatic carbocycles. The Morgan fingerprint density at radius 2 is 2.30 bits per heavy atom. The van der Waals surface area contributed by atoms with Gasteiger partial charge in [-0.1, -0.05) is 6.92 Å². The summed E-state index contributed by atoms with van der Waals surface area (Å²) in [7, 11) is 0. The molecule has 1 fully saturated rings. The van der Waals surface area contributed by atoms with Gasteiger partial charge in [0.2, 0.25) is 5.82 Å². The Hall–Kier alpha value is -2.02. The van der Waals surface area contributed by atoms with E-state index < -0.39 is 0 Å². The lowest BCUT2D eigenvalue weighted by molar-refractivity contribution is 0.0853. The number of carbonyl (C=O) groups is 1. The highest BCUT2D eigenvalue weighted by molar-refractivity contribution is 5.91. The SMILES string of the molecule is CC1CCCN(CC(C)(C)NC(=O)c2nc3ncccn3n2)C1. The largest absolute Gasteiger partial charge is 0.343 e. The molecular formula is C16H24N6O. The minimum atomic E-state index is -0.334. The van der Waals surface area contributed by atoms with E-state index in [-0.39, 0.29) is 17.3 Å². The Morgan fingerprint density at radius 1 is 1.48 bits per heavy atom. The fraction of sp³-hybridized carbons (Fsp3) is 0.625. The number of carbonyl (C=O) groups excluding carboxylic acids is 1. The number of likely N-dealkylation sites (tertiary alicyclic amines) is 1. The summed E-state index contributed by atoms with van der Waals surface area (Å²) in [5.41, 5.74) is -0.334. The molecule has 3 heterocycles. The summed E-state index contributed by atoms with van der Waals surface area (Å²) in [5, 5.41) is 7.22. The maximum absolute atomic E-state index is 12.4. The molecule has 124 valence electrons. The summed E-state index contributed by atoms with van der Waals surface area (Å²) >= 11 is 0. The minimum Gasteiger partial charge on any atom is -0.343 e. The first-order valence-electron chi connectivity index (χ1n) is 8.15. The second kappa shape index (κ2) is 6.23. The topological polar surface area (TPSA) is 75.4 Å². The summed E-state index contributed by atoms with van der Waals surface area (Å²) in [6.45, 7) is 9.38. The Balaban J connectivity index is 1.65. The third kappa shape index (κ3) is 3.85. The highest BCUT2D eigenvalue weighted by atomic mass is 16.2. The van der Waals surface area contributed by atoms with Crippen LogP contribution in [0.25, 0.3) is 5.78 Å². The highest BCUT2D eigenvalue weighted by Gasteiger charge is 2.28. The number of amides is 1. The van der Waals surface area contributed by atoms with Crippen LogP contribution in [0.15, 0.2) is 18.5 Å². The first-order valence-corrected chi connectivity index (χ1v) is 8.15. The lowest BCUT2D eigenvalue weighted by Crippen LogP contribution is -2.53. The molecule has 1 amide bonds. The van der Waals surface area contributed by atoms with Gasteiger partial charge in [0.05, 0.1) is 0 Å². The molecule has 3 rings (SSSR count). The van der Waals surface area contributed by atoms with Crippen LogP contribution in [0, 0.1) is 5.92 Å². The van der Waals surface area contributed by atoms with E-state index in [0.717, 1.165) is 25.6 Å². The predicted molar refractivity (Wildman–Crippen MR) is 87.2 cm³/mol. The van der Waals surface area contributed by atoms with E-state index in [9.17, 15) is 4.79 Å². The van der Waals surface area contributed by atoms with Crippen LogP contribution in [0.1, 0.15) is 44.2 Å². The Morgan fingerprint density at radius 3 is 3.04 bits per heavy atom. The summed E-state index contributed by atoms with van der Waals surface area (Å²) in [4.78, 5) is 23.1. The number of piperidine rings is 1. The van der Waals surface area contributed by atoms with Crippen molar-refractivity contribution in [1.82, 2.24) is 29.8 Å². The van der Waals surface area contributed by atoms with Crippen molar-refractivity contribution in [2.45, 2.75) is 39.2 Å². The molecule has 0 aliphatic carbocycles. The standard InChI is InChI=1S/C16H24N6O/c1-12-6-4-8-21(10-12)11-16(2,3)19-14(23)13-18-15-17-7-5-9-22(15)20-13/h5,7,9,12H,4,6,8,10-11H2,1-3H3,(H,19,23). The van der Waals surface area contributed by atoms with Gasteiger partial charge in [-0.2, -0.15) is 4.98 Å². The van der Waals surface area contributed by atoms with Crippen molar-refractivity contribution < 1.29 is 4.79 Å². The number of nitrogens with one attached hydrogen (secondary N) is 1.